The summed E-state index contributed by atoms with van der Waals surface area (Å²) in [6.45, 7) is 2.06. The fourth-order valence-corrected chi connectivity index (χ4v) is 4.11. The Morgan fingerprint density at radius 1 is 1.07 bits per heavy atom. The maximum absolute atomic E-state index is 12.6. The number of nitrogens with one attached hydrogen (secondary N) is 1. The lowest BCUT2D eigenvalue weighted by molar-refractivity contribution is -0.0828. The van der Waals surface area contributed by atoms with Crippen LogP contribution >= 0.6 is 23.2 Å². The molecule has 146 valence electrons. The van der Waals surface area contributed by atoms with Gasteiger partial charge < -0.3 is 15.1 Å². The van der Waals surface area contributed by atoms with Crippen LogP contribution in [0.5, 0.6) is 0 Å². The number of hydrogen-bond donors (Lipinski definition) is 1. The molecule has 0 aliphatic carbocycles. The Hall–Kier alpha value is -2.28. The van der Waals surface area contributed by atoms with Crippen LogP contribution in [0.15, 0.2) is 48.5 Å². The van der Waals surface area contributed by atoms with Crippen LogP contribution in [-0.2, 0) is 11.4 Å². The van der Waals surface area contributed by atoms with E-state index in [-0.39, 0.29) is 18.5 Å². The molecule has 2 heterocycles. The Labute approximate surface area is 172 Å². The molecule has 0 saturated carbocycles. The van der Waals surface area contributed by atoms with Gasteiger partial charge in [0, 0.05) is 41.2 Å². The zero-order valence-electron chi connectivity index (χ0n) is 15.0. The van der Waals surface area contributed by atoms with E-state index in [1.54, 1.807) is 23.3 Å². The molecule has 2 aliphatic heterocycles. The Bertz CT molecular complexity index is 894. The van der Waals surface area contributed by atoms with Gasteiger partial charge in [0.25, 0.3) is 5.91 Å². The average Bonchev–Trinajstić information content (AvgIpc) is 2.97. The highest BCUT2D eigenvalue weighted by atomic mass is 35.5. The molecule has 4 rings (SSSR count). The first kappa shape index (κ1) is 19.1. The number of carbonyl (C=O) groups excluding carboxylic acids is 2. The van der Waals surface area contributed by atoms with Crippen molar-refractivity contribution >= 4 is 35.2 Å². The number of nitrogens with zero attached hydrogens (tertiary/aromatic N) is 2. The molecule has 2 aromatic rings. The molecule has 2 saturated heterocycles. The molecule has 2 aliphatic rings. The van der Waals surface area contributed by atoms with Crippen molar-refractivity contribution < 1.29 is 14.4 Å². The summed E-state index contributed by atoms with van der Waals surface area (Å²) in [7, 11) is 0. The summed E-state index contributed by atoms with van der Waals surface area (Å²) in [5.74, 6) is 0.344. The molecule has 0 spiro atoms. The van der Waals surface area contributed by atoms with Crippen molar-refractivity contribution in [3.05, 3.63) is 69.7 Å². The summed E-state index contributed by atoms with van der Waals surface area (Å²) in [6, 6.07) is 14.4. The standard InChI is InChI=1S/C20H19Cl2N3O3/c21-16-7-6-14(17(22)8-16)9-23-20(27)28-24-10-15-11-25(18(15)12-24)19(26)13-4-2-1-3-5-13/h1-8,15,18H,9-12H2,(H,23,27). The van der Waals surface area contributed by atoms with Crippen LogP contribution in [-0.4, -0.2) is 47.6 Å². The van der Waals surface area contributed by atoms with Crippen LogP contribution in [0.25, 0.3) is 0 Å². The van der Waals surface area contributed by atoms with Crippen LogP contribution in [0.2, 0.25) is 10.0 Å². The number of carbonyl (C=O) groups is 2. The Balaban J connectivity index is 1.27. The first-order valence-electron chi connectivity index (χ1n) is 9.02. The lowest BCUT2D eigenvalue weighted by Crippen LogP contribution is -2.58. The van der Waals surface area contributed by atoms with E-state index in [0.717, 1.165) is 5.56 Å². The van der Waals surface area contributed by atoms with E-state index in [0.29, 0.717) is 41.2 Å². The average molecular weight is 420 g/mol. The van der Waals surface area contributed by atoms with E-state index in [1.165, 1.54) is 0 Å². The van der Waals surface area contributed by atoms with E-state index in [4.69, 9.17) is 28.0 Å². The highest BCUT2D eigenvalue weighted by Crippen LogP contribution is 2.33. The van der Waals surface area contributed by atoms with Crippen LogP contribution in [0.1, 0.15) is 15.9 Å². The lowest BCUT2D eigenvalue weighted by atomic mass is 9.91. The highest BCUT2D eigenvalue weighted by Gasteiger charge is 2.49. The number of halogens is 2. The van der Waals surface area contributed by atoms with Gasteiger partial charge in [-0.1, -0.05) is 47.5 Å². The normalized spacial score (nSPS) is 21.0. The number of hydroxylamine groups is 2. The lowest BCUT2D eigenvalue weighted by Gasteiger charge is -2.43. The molecular formula is C20H19Cl2N3O3. The van der Waals surface area contributed by atoms with Crippen molar-refractivity contribution in [2.75, 3.05) is 19.6 Å². The van der Waals surface area contributed by atoms with Crippen molar-refractivity contribution in [2.45, 2.75) is 12.6 Å². The van der Waals surface area contributed by atoms with Crippen LogP contribution in [0.3, 0.4) is 0 Å². The molecular weight excluding hydrogens is 401 g/mol. The van der Waals surface area contributed by atoms with Gasteiger partial charge >= 0.3 is 6.09 Å². The Morgan fingerprint density at radius 2 is 1.86 bits per heavy atom. The summed E-state index contributed by atoms with van der Waals surface area (Å²) in [4.78, 5) is 31.9. The van der Waals surface area contributed by atoms with Gasteiger partial charge in [-0.15, -0.1) is 5.06 Å². The van der Waals surface area contributed by atoms with E-state index in [1.807, 2.05) is 35.2 Å². The molecule has 0 aromatic heterocycles. The third kappa shape index (κ3) is 3.94. The fraction of sp³-hybridized carbons (Fsp3) is 0.300. The second-order valence-corrected chi connectivity index (χ2v) is 7.81. The van der Waals surface area contributed by atoms with Gasteiger partial charge in [-0.3, -0.25) is 4.79 Å². The SMILES string of the molecule is O=C(NCc1ccc(Cl)cc1Cl)ON1CC2CN(C(=O)c3ccccc3)C2C1. The molecule has 6 nitrogen and oxygen atoms in total. The Morgan fingerprint density at radius 3 is 2.61 bits per heavy atom. The predicted octanol–water partition coefficient (Wildman–Crippen LogP) is 3.59. The Kier molecular flexibility index (Phi) is 5.44. The number of fused-ring (bicyclic) bond motifs is 1. The molecule has 2 amide bonds. The van der Waals surface area contributed by atoms with Crippen molar-refractivity contribution in [1.29, 1.82) is 0 Å². The molecule has 8 heteroatoms. The summed E-state index contributed by atoms with van der Waals surface area (Å²) in [5, 5.41) is 5.33. The van der Waals surface area contributed by atoms with Crippen molar-refractivity contribution in [1.82, 2.24) is 15.3 Å². The minimum absolute atomic E-state index is 0.0190. The number of amides is 2. The van der Waals surface area contributed by atoms with Crippen LogP contribution < -0.4 is 5.32 Å². The summed E-state index contributed by atoms with van der Waals surface area (Å²) in [6.07, 6.45) is -0.548. The second kappa shape index (κ2) is 7.99. The van der Waals surface area contributed by atoms with Crippen LogP contribution in [0.4, 0.5) is 4.79 Å². The highest BCUT2D eigenvalue weighted by molar-refractivity contribution is 6.35. The smallest absolute Gasteiger partial charge is 0.351 e. The monoisotopic (exact) mass is 419 g/mol. The summed E-state index contributed by atoms with van der Waals surface area (Å²) < 4.78 is 0. The maximum Gasteiger partial charge on any atom is 0.426 e. The predicted molar refractivity (Wildman–Crippen MR) is 106 cm³/mol. The third-order valence-corrected chi connectivity index (χ3v) is 5.72. The molecule has 2 atom stereocenters. The quantitative estimate of drug-likeness (QED) is 0.822. The molecule has 0 radical (unpaired) electrons. The van der Waals surface area contributed by atoms with Crippen molar-refractivity contribution in [3.8, 4) is 0 Å². The minimum atomic E-state index is -0.548. The van der Waals surface area contributed by atoms with Gasteiger partial charge in [-0.2, -0.15) is 0 Å². The van der Waals surface area contributed by atoms with E-state index in [2.05, 4.69) is 5.32 Å². The van der Waals surface area contributed by atoms with Crippen molar-refractivity contribution in [2.24, 2.45) is 5.92 Å². The molecule has 2 unspecified atom stereocenters. The third-order valence-electron chi connectivity index (χ3n) is 5.14. The summed E-state index contributed by atoms with van der Waals surface area (Å²) in [5.41, 5.74) is 1.43. The van der Waals surface area contributed by atoms with Crippen LogP contribution in [0, 0.1) is 5.92 Å². The second-order valence-electron chi connectivity index (χ2n) is 6.97. The zero-order valence-corrected chi connectivity index (χ0v) is 16.5. The van der Waals surface area contributed by atoms with Crippen molar-refractivity contribution in [3.63, 3.8) is 0 Å². The first-order chi connectivity index (χ1) is 13.5. The molecule has 2 fully saturated rings. The molecule has 1 N–H and O–H groups in total. The van der Waals surface area contributed by atoms with E-state index in [9.17, 15) is 9.59 Å². The van der Waals surface area contributed by atoms with Gasteiger partial charge in [0.2, 0.25) is 0 Å². The molecule has 2 aromatic carbocycles. The molecule has 28 heavy (non-hydrogen) atoms. The fourth-order valence-electron chi connectivity index (χ4n) is 3.63. The zero-order chi connectivity index (χ0) is 19.7. The largest absolute Gasteiger partial charge is 0.426 e. The first-order valence-corrected chi connectivity index (χ1v) is 9.77. The number of likely N-dealkylation sites (tertiary alicyclic amines) is 1. The minimum Gasteiger partial charge on any atom is -0.351 e. The maximum atomic E-state index is 12.6. The summed E-state index contributed by atoms with van der Waals surface area (Å²) >= 11 is 12.0. The van der Waals surface area contributed by atoms with Gasteiger partial charge in [0.15, 0.2) is 0 Å². The van der Waals surface area contributed by atoms with E-state index < -0.39 is 6.09 Å². The van der Waals surface area contributed by atoms with Gasteiger partial charge in [0.1, 0.15) is 0 Å². The number of rotatable bonds is 4. The van der Waals surface area contributed by atoms with Gasteiger partial charge in [-0.05, 0) is 29.8 Å². The topological polar surface area (TPSA) is 61.9 Å². The molecule has 0 bridgehead atoms. The van der Waals surface area contributed by atoms with Gasteiger partial charge in [-0.25, -0.2) is 4.79 Å². The number of hydrogen-bond acceptors (Lipinski definition) is 4. The van der Waals surface area contributed by atoms with E-state index >= 15 is 0 Å². The van der Waals surface area contributed by atoms with Gasteiger partial charge in [0.05, 0.1) is 12.6 Å². The number of benzene rings is 2.